The van der Waals surface area contributed by atoms with Crippen LogP contribution in [0, 0.1) is 0 Å². The van der Waals surface area contributed by atoms with Gasteiger partial charge in [0.05, 0.1) is 16.5 Å². The number of amides is 2. The second kappa shape index (κ2) is 4.26. The third-order valence-electron chi connectivity index (χ3n) is 3.35. The average Bonchev–Trinajstić information content (AvgIpc) is 2.44. The van der Waals surface area contributed by atoms with E-state index in [0.717, 1.165) is 0 Å². The highest BCUT2D eigenvalue weighted by Gasteiger charge is 2.71. The van der Waals surface area contributed by atoms with E-state index in [-0.39, 0.29) is 11.3 Å². The Balaban J connectivity index is 2.53. The van der Waals surface area contributed by atoms with Crippen LogP contribution in [0.3, 0.4) is 0 Å². The predicted octanol–water partition coefficient (Wildman–Crippen LogP) is 0.402. The van der Waals surface area contributed by atoms with Crippen molar-refractivity contribution in [2.75, 3.05) is 4.43 Å². The monoisotopic (exact) mass is 384 g/mol. The lowest BCUT2D eigenvalue weighted by molar-refractivity contribution is -0.172. The Labute approximate surface area is 122 Å². The van der Waals surface area contributed by atoms with Gasteiger partial charge in [-0.1, -0.05) is 22.6 Å². The molecule has 0 bridgehead atoms. The van der Waals surface area contributed by atoms with Gasteiger partial charge < -0.3 is 10.4 Å². The zero-order chi connectivity index (χ0) is 13.7. The van der Waals surface area contributed by atoms with Gasteiger partial charge in [-0.3, -0.25) is 14.5 Å². The van der Waals surface area contributed by atoms with Crippen molar-refractivity contribution in [3.05, 3.63) is 0 Å². The molecule has 2 saturated heterocycles. The first-order chi connectivity index (χ1) is 8.28. The van der Waals surface area contributed by atoms with Crippen LogP contribution in [0.1, 0.15) is 20.3 Å². The van der Waals surface area contributed by atoms with Gasteiger partial charge in [-0.25, -0.2) is 4.79 Å². The Morgan fingerprint density at radius 1 is 1.67 bits per heavy atom. The smallest absolute Gasteiger partial charge is 0.352 e. The fraction of sp³-hybridized carbons (Fsp3) is 0.700. The van der Waals surface area contributed by atoms with E-state index in [1.807, 2.05) is 0 Å². The van der Waals surface area contributed by atoms with Crippen LogP contribution in [0.15, 0.2) is 0 Å². The SMILES string of the molecule is CC(=O)NC1(C(=O)O)N2C(=O)C[C@H]2SC1(C)CI. The molecule has 0 aromatic heterocycles. The molecule has 0 spiro atoms. The second-order valence-electron chi connectivity index (χ2n) is 4.60. The number of rotatable bonds is 3. The van der Waals surface area contributed by atoms with Gasteiger partial charge in [0, 0.05) is 11.4 Å². The second-order valence-corrected chi connectivity index (χ2v) is 7.05. The molecule has 2 aliphatic heterocycles. The molecule has 100 valence electrons. The van der Waals surface area contributed by atoms with E-state index < -0.39 is 22.3 Å². The van der Waals surface area contributed by atoms with Crippen LogP contribution in [-0.2, 0) is 14.4 Å². The van der Waals surface area contributed by atoms with Gasteiger partial charge in [0.2, 0.25) is 17.5 Å². The minimum Gasteiger partial charge on any atom is -0.478 e. The van der Waals surface area contributed by atoms with Gasteiger partial charge in [0.1, 0.15) is 0 Å². The van der Waals surface area contributed by atoms with Crippen LogP contribution in [-0.4, -0.2) is 48.0 Å². The van der Waals surface area contributed by atoms with Crippen molar-refractivity contribution < 1.29 is 19.5 Å². The number of hydrogen-bond acceptors (Lipinski definition) is 4. The van der Waals surface area contributed by atoms with E-state index in [2.05, 4.69) is 27.9 Å². The number of fused-ring (bicyclic) bond motifs is 1. The molecule has 0 aliphatic carbocycles. The Kier molecular flexibility index (Phi) is 3.29. The van der Waals surface area contributed by atoms with Crippen LogP contribution in [0.4, 0.5) is 0 Å². The largest absolute Gasteiger partial charge is 0.478 e. The fourth-order valence-electron chi connectivity index (χ4n) is 2.48. The van der Waals surface area contributed by atoms with Crippen LogP contribution in [0.25, 0.3) is 0 Å². The standard InChI is InChI=1S/C10H13IN2O4S/c1-5(14)12-10(8(16)17)9(2,4-11)18-7-3-6(15)13(7)10/h7H,3-4H2,1-2H3,(H,12,14)(H,16,17)/t7-,9?,10?/m1/s1. The number of alkyl halides is 1. The van der Waals surface area contributed by atoms with Crippen molar-refractivity contribution in [2.24, 2.45) is 0 Å². The highest BCUT2D eigenvalue weighted by molar-refractivity contribution is 14.1. The number of carboxylic acid groups (broad SMARTS) is 1. The quantitative estimate of drug-likeness (QED) is 0.418. The average molecular weight is 384 g/mol. The first kappa shape index (κ1) is 13.9. The van der Waals surface area contributed by atoms with Gasteiger partial charge in [0.25, 0.3) is 0 Å². The molecule has 0 radical (unpaired) electrons. The summed E-state index contributed by atoms with van der Waals surface area (Å²) in [5.74, 6) is -1.86. The zero-order valence-corrected chi connectivity index (χ0v) is 12.9. The van der Waals surface area contributed by atoms with Gasteiger partial charge in [-0.2, -0.15) is 0 Å². The zero-order valence-electron chi connectivity index (χ0n) is 9.90. The third kappa shape index (κ3) is 1.57. The maximum atomic E-state index is 11.7. The highest BCUT2D eigenvalue weighted by atomic mass is 127. The molecule has 0 saturated carbocycles. The van der Waals surface area contributed by atoms with Gasteiger partial charge >= 0.3 is 5.97 Å². The Hall–Kier alpha value is -0.510. The number of nitrogens with zero attached hydrogens (tertiary/aromatic N) is 1. The molecule has 2 aliphatic rings. The summed E-state index contributed by atoms with van der Waals surface area (Å²) in [6.07, 6.45) is 0.339. The molecule has 18 heavy (non-hydrogen) atoms. The molecule has 2 N–H and O–H groups in total. The van der Waals surface area contributed by atoms with Crippen molar-refractivity contribution in [3.8, 4) is 0 Å². The molecule has 0 aromatic rings. The number of nitrogens with one attached hydrogen (secondary N) is 1. The molecule has 8 heteroatoms. The molecule has 2 amide bonds. The molecule has 6 nitrogen and oxygen atoms in total. The van der Waals surface area contributed by atoms with Gasteiger partial charge in [-0.05, 0) is 6.92 Å². The van der Waals surface area contributed by atoms with E-state index in [9.17, 15) is 19.5 Å². The summed E-state index contributed by atoms with van der Waals surface area (Å²) in [5.41, 5.74) is -1.63. The Morgan fingerprint density at radius 3 is 2.67 bits per heavy atom. The Bertz CT molecular complexity index is 446. The number of carbonyl (C=O) groups is 3. The van der Waals surface area contributed by atoms with E-state index >= 15 is 0 Å². The lowest BCUT2D eigenvalue weighted by Crippen LogP contribution is -2.75. The summed E-state index contributed by atoms with van der Waals surface area (Å²) in [7, 11) is 0. The normalized spacial score (nSPS) is 38.1. The minimum atomic E-state index is -1.63. The molecule has 2 heterocycles. The lowest BCUT2D eigenvalue weighted by atomic mass is 9.90. The highest BCUT2D eigenvalue weighted by Crippen LogP contribution is 2.56. The topological polar surface area (TPSA) is 86.7 Å². The predicted molar refractivity (Wildman–Crippen MR) is 74.3 cm³/mol. The van der Waals surface area contributed by atoms with Crippen molar-refractivity contribution in [3.63, 3.8) is 0 Å². The first-order valence-electron chi connectivity index (χ1n) is 5.36. The number of aliphatic carboxylic acids is 1. The number of carboxylic acids is 1. The minimum absolute atomic E-state index is 0.153. The summed E-state index contributed by atoms with van der Waals surface area (Å²) in [5, 5.41) is 11.9. The maximum absolute atomic E-state index is 11.7. The van der Waals surface area contributed by atoms with Crippen LogP contribution < -0.4 is 5.32 Å². The lowest BCUT2D eigenvalue weighted by Gasteiger charge is -2.46. The Morgan fingerprint density at radius 2 is 2.28 bits per heavy atom. The fourth-order valence-corrected chi connectivity index (χ4v) is 5.25. The molecule has 3 atom stereocenters. The summed E-state index contributed by atoms with van der Waals surface area (Å²) in [6, 6.07) is 0. The first-order valence-corrected chi connectivity index (χ1v) is 7.77. The number of thioether (sulfide) groups is 1. The van der Waals surface area contributed by atoms with Gasteiger partial charge in [0.15, 0.2) is 0 Å². The van der Waals surface area contributed by atoms with Crippen molar-refractivity contribution in [2.45, 2.75) is 36.1 Å². The summed E-state index contributed by atoms with van der Waals surface area (Å²) >= 11 is 3.54. The maximum Gasteiger partial charge on any atom is 0.352 e. The number of carbonyl (C=O) groups excluding carboxylic acids is 2. The molecule has 2 fully saturated rings. The van der Waals surface area contributed by atoms with Gasteiger partial charge in [-0.15, -0.1) is 11.8 Å². The van der Waals surface area contributed by atoms with Crippen LogP contribution in [0.5, 0.6) is 0 Å². The summed E-state index contributed by atoms with van der Waals surface area (Å²) < 4.78 is -0.218. The number of halogens is 1. The molecular weight excluding hydrogens is 371 g/mol. The van der Waals surface area contributed by atoms with E-state index in [1.165, 1.54) is 23.6 Å². The molecule has 2 unspecified atom stereocenters. The van der Waals surface area contributed by atoms with E-state index in [1.54, 1.807) is 6.92 Å². The van der Waals surface area contributed by atoms with Crippen molar-refractivity contribution >= 4 is 52.1 Å². The molecule has 0 aromatic carbocycles. The van der Waals surface area contributed by atoms with E-state index in [4.69, 9.17) is 0 Å². The van der Waals surface area contributed by atoms with Crippen molar-refractivity contribution in [1.29, 1.82) is 0 Å². The molecule has 2 rings (SSSR count). The third-order valence-corrected chi connectivity index (χ3v) is 7.00. The number of β-lactam (4-membered cyclic amide) rings is 1. The van der Waals surface area contributed by atoms with Crippen molar-refractivity contribution in [1.82, 2.24) is 10.2 Å². The number of hydrogen-bond donors (Lipinski definition) is 2. The van der Waals surface area contributed by atoms with E-state index in [0.29, 0.717) is 10.8 Å². The van der Waals surface area contributed by atoms with Crippen LogP contribution >= 0.6 is 34.4 Å². The summed E-state index contributed by atoms with van der Waals surface area (Å²) in [6.45, 7) is 3.04. The van der Waals surface area contributed by atoms with Crippen LogP contribution in [0.2, 0.25) is 0 Å². The summed E-state index contributed by atoms with van der Waals surface area (Å²) in [4.78, 5) is 36.1. The molecular formula is C10H13IN2O4S.